The maximum Gasteiger partial charge on any atom is 0.255 e. The van der Waals surface area contributed by atoms with Gasteiger partial charge in [0.1, 0.15) is 12.4 Å². The molecule has 4 nitrogen and oxygen atoms in total. The third-order valence-electron chi connectivity index (χ3n) is 3.44. The first-order valence-corrected chi connectivity index (χ1v) is 7.13. The molecular formula is C16H22N2O2. The fourth-order valence-corrected chi connectivity index (χ4v) is 2.36. The molecule has 1 aromatic rings. The first kappa shape index (κ1) is 14.6. The van der Waals surface area contributed by atoms with Gasteiger partial charge in [0.15, 0.2) is 0 Å². The highest BCUT2D eigenvalue weighted by molar-refractivity contribution is 5.96. The van der Waals surface area contributed by atoms with E-state index in [0.717, 1.165) is 13.1 Å². The quantitative estimate of drug-likeness (QED) is 0.780. The molecule has 1 heterocycles. The Morgan fingerprint density at radius 2 is 2.35 bits per heavy atom. The van der Waals surface area contributed by atoms with Crippen molar-refractivity contribution in [3.05, 3.63) is 42.5 Å². The van der Waals surface area contributed by atoms with Gasteiger partial charge in [-0.05, 0) is 44.0 Å². The van der Waals surface area contributed by atoms with Crippen molar-refractivity contribution in [2.24, 2.45) is 5.92 Å². The molecule has 108 valence electrons. The zero-order valence-electron chi connectivity index (χ0n) is 11.7. The van der Waals surface area contributed by atoms with Crippen LogP contribution in [0.15, 0.2) is 36.9 Å². The number of carbonyl (C=O) groups excluding carboxylic acids is 1. The number of rotatable bonds is 6. The van der Waals surface area contributed by atoms with Crippen LogP contribution in [0.1, 0.15) is 23.2 Å². The van der Waals surface area contributed by atoms with Crippen LogP contribution in [0.3, 0.4) is 0 Å². The summed E-state index contributed by atoms with van der Waals surface area (Å²) in [6.45, 7) is 6.79. The minimum absolute atomic E-state index is 0.0739. The van der Waals surface area contributed by atoms with E-state index in [0.29, 0.717) is 30.4 Å². The monoisotopic (exact) mass is 274 g/mol. The van der Waals surface area contributed by atoms with Gasteiger partial charge in [-0.3, -0.25) is 4.79 Å². The second kappa shape index (κ2) is 7.70. The van der Waals surface area contributed by atoms with Crippen LogP contribution in [0.2, 0.25) is 0 Å². The van der Waals surface area contributed by atoms with Crippen molar-refractivity contribution in [2.45, 2.75) is 12.8 Å². The topological polar surface area (TPSA) is 50.4 Å². The zero-order chi connectivity index (χ0) is 14.2. The van der Waals surface area contributed by atoms with E-state index >= 15 is 0 Å². The third kappa shape index (κ3) is 4.10. The zero-order valence-corrected chi connectivity index (χ0v) is 11.7. The Hall–Kier alpha value is -1.81. The van der Waals surface area contributed by atoms with E-state index in [4.69, 9.17) is 4.74 Å². The van der Waals surface area contributed by atoms with Crippen LogP contribution in [0.5, 0.6) is 5.75 Å². The van der Waals surface area contributed by atoms with Crippen LogP contribution in [-0.4, -0.2) is 32.1 Å². The number of hydrogen-bond donors (Lipinski definition) is 2. The second-order valence-corrected chi connectivity index (χ2v) is 5.02. The molecule has 0 saturated carbocycles. The van der Waals surface area contributed by atoms with Crippen LogP contribution in [-0.2, 0) is 0 Å². The van der Waals surface area contributed by atoms with Gasteiger partial charge in [0.2, 0.25) is 0 Å². The number of hydrogen-bond acceptors (Lipinski definition) is 3. The molecule has 1 amide bonds. The number of ether oxygens (including phenoxy) is 1. The molecule has 1 atom stereocenters. The van der Waals surface area contributed by atoms with E-state index in [1.165, 1.54) is 12.8 Å². The summed E-state index contributed by atoms with van der Waals surface area (Å²) in [4.78, 5) is 12.2. The Balaban J connectivity index is 1.92. The summed E-state index contributed by atoms with van der Waals surface area (Å²) in [6.07, 6.45) is 4.02. The summed E-state index contributed by atoms with van der Waals surface area (Å²) in [5, 5.41) is 6.35. The summed E-state index contributed by atoms with van der Waals surface area (Å²) in [5.74, 6) is 1.05. The second-order valence-electron chi connectivity index (χ2n) is 5.02. The predicted molar refractivity (Wildman–Crippen MR) is 80.1 cm³/mol. The van der Waals surface area contributed by atoms with E-state index in [1.807, 2.05) is 12.1 Å². The number of amides is 1. The fourth-order valence-electron chi connectivity index (χ4n) is 2.36. The molecule has 1 unspecified atom stereocenters. The van der Waals surface area contributed by atoms with Crippen molar-refractivity contribution in [3.8, 4) is 5.75 Å². The van der Waals surface area contributed by atoms with Crippen molar-refractivity contribution < 1.29 is 9.53 Å². The Kier molecular flexibility index (Phi) is 5.62. The van der Waals surface area contributed by atoms with Crippen molar-refractivity contribution >= 4 is 5.91 Å². The van der Waals surface area contributed by atoms with Crippen LogP contribution >= 0.6 is 0 Å². The molecule has 0 bridgehead atoms. The van der Waals surface area contributed by atoms with Crippen molar-refractivity contribution in [3.63, 3.8) is 0 Å². The molecule has 0 spiro atoms. The first-order chi connectivity index (χ1) is 9.81. The van der Waals surface area contributed by atoms with Gasteiger partial charge in [-0.1, -0.05) is 24.8 Å². The molecule has 1 aliphatic heterocycles. The minimum Gasteiger partial charge on any atom is -0.489 e. The van der Waals surface area contributed by atoms with E-state index in [-0.39, 0.29) is 5.91 Å². The van der Waals surface area contributed by atoms with Crippen LogP contribution < -0.4 is 15.4 Å². The van der Waals surface area contributed by atoms with Gasteiger partial charge in [-0.25, -0.2) is 0 Å². The lowest BCUT2D eigenvalue weighted by molar-refractivity contribution is 0.0941. The van der Waals surface area contributed by atoms with Crippen LogP contribution in [0, 0.1) is 5.92 Å². The number of nitrogens with one attached hydrogen (secondary N) is 2. The number of carbonyl (C=O) groups is 1. The molecule has 1 aromatic carbocycles. The first-order valence-electron chi connectivity index (χ1n) is 7.13. The smallest absolute Gasteiger partial charge is 0.255 e. The van der Waals surface area contributed by atoms with Crippen LogP contribution in [0.4, 0.5) is 0 Å². The molecule has 0 radical (unpaired) electrons. The van der Waals surface area contributed by atoms with Gasteiger partial charge in [0, 0.05) is 6.54 Å². The van der Waals surface area contributed by atoms with E-state index in [9.17, 15) is 4.79 Å². The summed E-state index contributed by atoms with van der Waals surface area (Å²) < 4.78 is 5.51. The summed E-state index contributed by atoms with van der Waals surface area (Å²) in [5.41, 5.74) is 0.582. The van der Waals surface area contributed by atoms with E-state index in [2.05, 4.69) is 17.2 Å². The summed E-state index contributed by atoms with van der Waals surface area (Å²) >= 11 is 0. The summed E-state index contributed by atoms with van der Waals surface area (Å²) in [6, 6.07) is 7.30. The van der Waals surface area contributed by atoms with Gasteiger partial charge >= 0.3 is 0 Å². The molecule has 0 aromatic heterocycles. The Bertz CT molecular complexity index is 454. The highest BCUT2D eigenvalue weighted by atomic mass is 16.5. The number of piperidine rings is 1. The van der Waals surface area contributed by atoms with Gasteiger partial charge in [-0.2, -0.15) is 0 Å². The highest BCUT2D eigenvalue weighted by Gasteiger charge is 2.16. The molecule has 4 heteroatoms. The van der Waals surface area contributed by atoms with E-state index in [1.54, 1.807) is 18.2 Å². The lowest BCUT2D eigenvalue weighted by Crippen LogP contribution is -2.38. The van der Waals surface area contributed by atoms with Crippen LogP contribution in [0.25, 0.3) is 0 Å². The molecule has 1 aliphatic rings. The van der Waals surface area contributed by atoms with E-state index < -0.39 is 0 Å². The predicted octanol–water partition coefficient (Wildman–Crippen LogP) is 1.98. The molecule has 2 N–H and O–H groups in total. The molecule has 2 rings (SSSR count). The fraction of sp³-hybridized carbons (Fsp3) is 0.438. The van der Waals surface area contributed by atoms with Crippen molar-refractivity contribution in [1.29, 1.82) is 0 Å². The Labute approximate surface area is 120 Å². The molecule has 1 fully saturated rings. The average Bonchev–Trinajstić information content (AvgIpc) is 2.52. The lowest BCUT2D eigenvalue weighted by Gasteiger charge is -2.23. The largest absolute Gasteiger partial charge is 0.489 e. The molecule has 1 saturated heterocycles. The molecule has 20 heavy (non-hydrogen) atoms. The van der Waals surface area contributed by atoms with Gasteiger partial charge in [-0.15, -0.1) is 0 Å². The Morgan fingerprint density at radius 1 is 1.50 bits per heavy atom. The SMILES string of the molecule is C=CCOc1ccccc1C(=O)NCC1CCCNC1. The standard InChI is InChI=1S/C16H22N2O2/c1-2-10-20-15-8-4-3-7-14(15)16(19)18-12-13-6-5-9-17-11-13/h2-4,7-8,13,17H,1,5-6,9-12H2,(H,18,19). The molecular weight excluding hydrogens is 252 g/mol. The maximum atomic E-state index is 12.2. The van der Waals surface area contributed by atoms with Crippen molar-refractivity contribution in [2.75, 3.05) is 26.2 Å². The third-order valence-corrected chi connectivity index (χ3v) is 3.44. The number of para-hydroxylation sites is 1. The Morgan fingerprint density at radius 3 is 3.10 bits per heavy atom. The summed E-state index contributed by atoms with van der Waals surface area (Å²) in [7, 11) is 0. The minimum atomic E-state index is -0.0739. The highest BCUT2D eigenvalue weighted by Crippen LogP contribution is 2.18. The molecule has 0 aliphatic carbocycles. The normalized spacial score (nSPS) is 18.3. The lowest BCUT2D eigenvalue weighted by atomic mass is 9.99. The number of benzene rings is 1. The van der Waals surface area contributed by atoms with Gasteiger partial charge in [0.05, 0.1) is 5.56 Å². The maximum absolute atomic E-state index is 12.2. The van der Waals surface area contributed by atoms with Gasteiger partial charge in [0.25, 0.3) is 5.91 Å². The average molecular weight is 274 g/mol. The van der Waals surface area contributed by atoms with Crippen molar-refractivity contribution in [1.82, 2.24) is 10.6 Å². The van der Waals surface area contributed by atoms with Gasteiger partial charge < -0.3 is 15.4 Å².